The molecule has 8 nitrogen and oxygen atoms in total. The number of methoxy groups -OCH3 is 2. The SMILES string of the molecule is CCC(C)OC(=O)c1c(N)n(-c2cc(OC)cc(OC)c2)c2nc3ccccc3nc12. The monoisotopic (exact) mass is 420 g/mol. The molecule has 2 aromatic heterocycles. The summed E-state index contributed by atoms with van der Waals surface area (Å²) >= 11 is 0. The number of ether oxygens (including phenoxy) is 3. The molecule has 0 spiro atoms. The van der Waals surface area contributed by atoms with Gasteiger partial charge >= 0.3 is 5.97 Å². The molecule has 1 unspecified atom stereocenters. The van der Waals surface area contributed by atoms with E-state index in [1.165, 1.54) is 0 Å². The standard InChI is InChI=1S/C23H24N4O4/c1-5-13(2)31-23(28)19-20-22(26-18-9-7-6-8-17(18)25-20)27(21(19)24)14-10-15(29-3)12-16(11-14)30-4/h6-13H,5,24H2,1-4H3. The molecule has 0 amide bonds. The molecule has 4 aromatic rings. The Morgan fingerprint density at radius 2 is 1.68 bits per heavy atom. The molecular formula is C23H24N4O4. The van der Waals surface area contributed by atoms with E-state index in [1.54, 1.807) is 37.0 Å². The van der Waals surface area contributed by atoms with Crippen molar-refractivity contribution in [3.63, 3.8) is 0 Å². The first kappa shape index (κ1) is 20.5. The molecule has 0 radical (unpaired) electrons. The minimum absolute atomic E-state index is 0.189. The zero-order valence-electron chi connectivity index (χ0n) is 17.9. The number of fused-ring (bicyclic) bond motifs is 2. The van der Waals surface area contributed by atoms with Crippen LogP contribution in [0, 0.1) is 0 Å². The maximum Gasteiger partial charge on any atom is 0.344 e. The highest BCUT2D eigenvalue weighted by molar-refractivity contribution is 6.09. The second-order valence-corrected chi connectivity index (χ2v) is 7.18. The number of esters is 1. The molecule has 2 N–H and O–H groups in total. The van der Waals surface area contributed by atoms with Crippen LogP contribution in [0.25, 0.3) is 27.9 Å². The molecular weight excluding hydrogens is 396 g/mol. The van der Waals surface area contributed by atoms with Gasteiger partial charge in [-0.15, -0.1) is 0 Å². The zero-order chi connectivity index (χ0) is 22.1. The van der Waals surface area contributed by atoms with Gasteiger partial charge in [-0.1, -0.05) is 19.1 Å². The van der Waals surface area contributed by atoms with E-state index in [4.69, 9.17) is 29.9 Å². The summed E-state index contributed by atoms with van der Waals surface area (Å²) in [5.41, 5.74) is 9.51. The number of hydrogen-bond donors (Lipinski definition) is 1. The molecule has 1 atom stereocenters. The number of carbonyl (C=O) groups excluding carboxylic acids is 1. The van der Waals surface area contributed by atoms with Crippen molar-refractivity contribution in [2.75, 3.05) is 20.0 Å². The highest BCUT2D eigenvalue weighted by Crippen LogP contribution is 2.34. The van der Waals surface area contributed by atoms with E-state index in [1.807, 2.05) is 38.1 Å². The Labute approximate surface area is 179 Å². The molecule has 0 aliphatic rings. The topological polar surface area (TPSA) is 101 Å². The second-order valence-electron chi connectivity index (χ2n) is 7.18. The van der Waals surface area contributed by atoms with E-state index in [9.17, 15) is 4.79 Å². The van der Waals surface area contributed by atoms with E-state index in [0.717, 1.165) is 0 Å². The first-order chi connectivity index (χ1) is 15.0. The van der Waals surface area contributed by atoms with Crippen LogP contribution in [0.2, 0.25) is 0 Å². The van der Waals surface area contributed by atoms with Crippen LogP contribution in [0.3, 0.4) is 0 Å². The van der Waals surface area contributed by atoms with Crippen molar-refractivity contribution in [1.29, 1.82) is 0 Å². The van der Waals surface area contributed by atoms with Gasteiger partial charge in [0.05, 0.1) is 37.0 Å². The third kappa shape index (κ3) is 3.61. The first-order valence-corrected chi connectivity index (χ1v) is 9.97. The van der Waals surface area contributed by atoms with E-state index in [2.05, 4.69) is 0 Å². The molecule has 2 heterocycles. The van der Waals surface area contributed by atoms with Crippen molar-refractivity contribution in [2.45, 2.75) is 26.4 Å². The normalized spacial score (nSPS) is 12.1. The average Bonchev–Trinajstić information content (AvgIpc) is 3.07. The van der Waals surface area contributed by atoms with E-state index < -0.39 is 5.97 Å². The van der Waals surface area contributed by atoms with E-state index >= 15 is 0 Å². The van der Waals surface area contributed by atoms with Gasteiger partial charge < -0.3 is 19.9 Å². The van der Waals surface area contributed by atoms with Gasteiger partial charge in [0, 0.05) is 18.2 Å². The highest BCUT2D eigenvalue weighted by atomic mass is 16.5. The lowest BCUT2D eigenvalue weighted by Gasteiger charge is -2.12. The molecule has 4 rings (SSSR count). The summed E-state index contributed by atoms with van der Waals surface area (Å²) in [6.45, 7) is 3.78. The maximum atomic E-state index is 13.0. The number of anilines is 1. The fraction of sp³-hybridized carbons (Fsp3) is 0.261. The molecule has 2 aromatic carbocycles. The van der Waals surface area contributed by atoms with Crippen LogP contribution < -0.4 is 15.2 Å². The Balaban J connectivity index is 2.04. The van der Waals surface area contributed by atoms with Crippen LogP contribution in [-0.2, 0) is 4.74 Å². The predicted molar refractivity (Wildman–Crippen MR) is 119 cm³/mol. The summed E-state index contributed by atoms with van der Waals surface area (Å²) in [6.07, 6.45) is 0.432. The number of nitrogens with zero attached hydrogens (tertiary/aromatic N) is 3. The van der Waals surface area contributed by atoms with Crippen LogP contribution in [0.5, 0.6) is 11.5 Å². The Hall–Kier alpha value is -3.81. The average molecular weight is 420 g/mol. The van der Waals surface area contributed by atoms with Gasteiger partial charge in [-0.05, 0) is 25.5 Å². The molecule has 0 fully saturated rings. The third-order valence-corrected chi connectivity index (χ3v) is 5.18. The molecule has 0 bridgehead atoms. The van der Waals surface area contributed by atoms with Gasteiger partial charge in [0.1, 0.15) is 28.4 Å². The van der Waals surface area contributed by atoms with Crippen molar-refractivity contribution in [2.24, 2.45) is 0 Å². The van der Waals surface area contributed by atoms with E-state index in [-0.39, 0.29) is 17.5 Å². The highest BCUT2D eigenvalue weighted by Gasteiger charge is 2.27. The van der Waals surface area contributed by atoms with Gasteiger partial charge in [-0.2, -0.15) is 0 Å². The zero-order valence-corrected chi connectivity index (χ0v) is 17.9. The van der Waals surface area contributed by atoms with Gasteiger partial charge in [0.2, 0.25) is 0 Å². The van der Waals surface area contributed by atoms with E-state index in [0.29, 0.717) is 45.8 Å². The van der Waals surface area contributed by atoms with Crippen molar-refractivity contribution in [3.8, 4) is 17.2 Å². The predicted octanol–water partition coefficient (Wildman–Crippen LogP) is 4.13. The summed E-state index contributed by atoms with van der Waals surface area (Å²) < 4.78 is 18.1. The minimum atomic E-state index is -0.532. The van der Waals surface area contributed by atoms with Gasteiger partial charge in [0.15, 0.2) is 5.65 Å². The van der Waals surface area contributed by atoms with Crippen LogP contribution >= 0.6 is 0 Å². The van der Waals surface area contributed by atoms with Crippen LogP contribution in [0.4, 0.5) is 5.82 Å². The largest absolute Gasteiger partial charge is 0.497 e. The summed E-state index contributed by atoms with van der Waals surface area (Å²) in [5, 5.41) is 0. The summed E-state index contributed by atoms with van der Waals surface area (Å²) in [6, 6.07) is 12.8. The fourth-order valence-electron chi connectivity index (χ4n) is 3.37. The van der Waals surface area contributed by atoms with Crippen LogP contribution in [0.1, 0.15) is 30.6 Å². The fourth-order valence-corrected chi connectivity index (χ4v) is 3.37. The molecule has 160 valence electrons. The Morgan fingerprint density at radius 3 is 2.26 bits per heavy atom. The van der Waals surface area contributed by atoms with Gasteiger partial charge in [-0.25, -0.2) is 14.8 Å². The number of nitrogen functional groups attached to an aromatic ring is 1. The Kier molecular flexibility index (Phi) is 5.37. The van der Waals surface area contributed by atoms with Gasteiger partial charge in [0.25, 0.3) is 0 Å². The number of hydrogen-bond acceptors (Lipinski definition) is 7. The molecule has 0 aliphatic carbocycles. The molecule has 0 saturated carbocycles. The number of carbonyl (C=O) groups is 1. The molecule has 8 heteroatoms. The summed E-state index contributed by atoms with van der Waals surface area (Å²) in [7, 11) is 3.13. The Bertz CT molecular complexity index is 1260. The quantitative estimate of drug-likeness (QED) is 0.468. The first-order valence-electron chi connectivity index (χ1n) is 9.97. The summed E-state index contributed by atoms with van der Waals surface area (Å²) in [4.78, 5) is 22.5. The van der Waals surface area contributed by atoms with Crippen LogP contribution in [-0.4, -0.2) is 40.8 Å². The number of para-hydroxylation sites is 2. The molecule has 0 aliphatic heterocycles. The lowest BCUT2D eigenvalue weighted by molar-refractivity contribution is 0.0338. The van der Waals surface area contributed by atoms with Crippen molar-refractivity contribution in [3.05, 3.63) is 48.0 Å². The van der Waals surface area contributed by atoms with Crippen molar-refractivity contribution < 1.29 is 19.0 Å². The smallest absolute Gasteiger partial charge is 0.344 e. The van der Waals surface area contributed by atoms with Gasteiger partial charge in [-0.3, -0.25) is 4.57 Å². The van der Waals surface area contributed by atoms with Crippen LogP contribution in [0.15, 0.2) is 42.5 Å². The summed E-state index contributed by atoms with van der Waals surface area (Å²) in [5.74, 6) is 0.810. The molecule has 0 saturated heterocycles. The number of rotatable bonds is 6. The number of nitrogens with two attached hydrogens (primary N) is 1. The minimum Gasteiger partial charge on any atom is -0.497 e. The maximum absolute atomic E-state index is 13.0. The number of benzene rings is 2. The molecule has 31 heavy (non-hydrogen) atoms. The van der Waals surface area contributed by atoms with Crippen molar-refractivity contribution >= 4 is 34.0 Å². The number of aromatic nitrogens is 3. The van der Waals surface area contributed by atoms with Crippen molar-refractivity contribution in [1.82, 2.24) is 14.5 Å². The second kappa shape index (κ2) is 8.14. The lowest BCUT2D eigenvalue weighted by atomic mass is 10.2. The lowest BCUT2D eigenvalue weighted by Crippen LogP contribution is -2.15. The third-order valence-electron chi connectivity index (χ3n) is 5.18. The Morgan fingerprint density at radius 1 is 1.06 bits per heavy atom.